The summed E-state index contributed by atoms with van der Waals surface area (Å²) in [4.78, 5) is 2.24. The second-order valence-corrected chi connectivity index (χ2v) is 4.74. The van der Waals surface area contributed by atoms with Crippen molar-refractivity contribution >= 4 is 0 Å². The minimum atomic E-state index is -0.402. The van der Waals surface area contributed by atoms with Gasteiger partial charge < -0.3 is 14.7 Å². The van der Waals surface area contributed by atoms with E-state index in [1.807, 2.05) is 30.3 Å². The van der Waals surface area contributed by atoms with Crippen molar-refractivity contribution in [2.24, 2.45) is 0 Å². The van der Waals surface area contributed by atoms with Crippen LogP contribution in [-0.2, 0) is 0 Å². The Morgan fingerprint density at radius 1 is 1.35 bits per heavy atom. The lowest BCUT2D eigenvalue weighted by atomic mass is 9.98. The number of hydrogen-bond donors (Lipinski definition) is 1. The first kappa shape index (κ1) is 12.4. The molecular weight excluding hydrogens is 214 g/mol. The van der Waals surface area contributed by atoms with Crippen LogP contribution >= 0.6 is 0 Å². The molecule has 2 atom stereocenters. The van der Waals surface area contributed by atoms with Crippen molar-refractivity contribution in [1.29, 1.82) is 0 Å². The fourth-order valence-electron chi connectivity index (χ4n) is 2.40. The highest BCUT2D eigenvalue weighted by molar-refractivity contribution is 5.20. The van der Waals surface area contributed by atoms with Crippen LogP contribution < -0.4 is 4.74 Å². The molecule has 17 heavy (non-hydrogen) atoms. The Labute approximate surface area is 103 Å². The molecule has 1 N–H and O–H groups in total. The van der Waals surface area contributed by atoms with Crippen molar-refractivity contribution in [3.8, 4) is 5.75 Å². The van der Waals surface area contributed by atoms with Crippen LogP contribution in [0.4, 0.5) is 0 Å². The highest BCUT2D eigenvalue weighted by Crippen LogP contribution is 2.19. The summed E-state index contributed by atoms with van der Waals surface area (Å²) >= 11 is 0. The maximum absolute atomic E-state index is 10.1. The van der Waals surface area contributed by atoms with Gasteiger partial charge in [0.1, 0.15) is 18.5 Å². The summed E-state index contributed by atoms with van der Waals surface area (Å²) < 4.78 is 5.59. The van der Waals surface area contributed by atoms with Crippen LogP contribution in [0.3, 0.4) is 0 Å². The Hall–Kier alpha value is -1.06. The Bertz CT molecular complexity index is 328. The first-order valence-corrected chi connectivity index (χ1v) is 6.33. The van der Waals surface area contributed by atoms with Crippen LogP contribution in [0.15, 0.2) is 30.3 Å². The third-order valence-corrected chi connectivity index (χ3v) is 3.43. The van der Waals surface area contributed by atoms with Crippen LogP contribution in [0, 0.1) is 0 Å². The molecule has 1 aromatic carbocycles. The van der Waals surface area contributed by atoms with E-state index in [-0.39, 0.29) is 6.04 Å². The molecule has 1 aromatic rings. The van der Waals surface area contributed by atoms with E-state index in [1.54, 1.807) is 0 Å². The molecule has 1 heterocycles. The Kier molecular flexibility index (Phi) is 4.40. The fraction of sp³-hybridized carbons (Fsp3) is 0.571. The van der Waals surface area contributed by atoms with Crippen LogP contribution in [0.1, 0.15) is 19.3 Å². The van der Waals surface area contributed by atoms with Gasteiger partial charge in [-0.1, -0.05) is 24.6 Å². The molecule has 2 rings (SSSR count). The second kappa shape index (κ2) is 6.03. The zero-order valence-electron chi connectivity index (χ0n) is 10.4. The SMILES string of the molecule is CN1CCCC[C@H]1[C@H](O)COc1ccccc1. The number of rotatable bonds is 4. The molecule has 3 heteroatoms. The van der Waals surface area contributed by atoms with Gasteiger partial charge >= 0.3 is 0 Å². The molecule has 3 nitrogen and oxygen atoms in total. The quantitative estimate of drug-likeness (QED) is 0.865. The van der Waals surface area contributed by atoms with Crippen LogP contribution in [0.2, 0.25) is 0 Å². The maximum Gasteiger partial charge on any atom is 0.119 e. The lowest BCUT2D eigenvalue weighted by molar-refractivity contribution is 0.0116. The van der Waals surface area contributed by atoms with Crippen molar-refractivity contribution in [1.82, 2.24) is 4.90 Å². The number of hydrogen-bond acceptors (Lipinski definition) is 3. The van der Waals surface area contributed by atoms with Crippen molar-refractivity contribution in [2.45, 2.75) is 31.4 Å². The van der Waals surface area contributed by atoms with Crippen molar-refractivity contribution < 1.29 is 9.84 Å². The largest absolute Gasteiger partial charge is 0.491 e. The third-order valence-electron chi connectivity index (χ3n) is 3.43. The van der Waals surface area contributed by atoms with E-state index in [4.69, 9.17) is 4.74 Å². The Balaban J connectivity index is 1.82. The van der Waals surface area contributed by atoms with Crippen LogP contribution in [0.5, 0.6) is 5.75 Å². The van der Waals surface area contributed by atoms with E-state index < -0.39 is 6.10 Å². The van der Waals surface area contributed by atoms with Gasteiger partial charge in [-0.2, -0.15) is 0 Å². The number of nitrogens with zero attached hydrogens (tertiary/aromatic N) is 1. The molecule has 0 unspecified atom stereocenters. The summed E-state index contributed by atoms with van der Waals surface area (Å²) in [7, 11) is 2.08. The predicted molar refractivity (Wildman–Crippen MR) is 68.2 cm³/mol. The zero-order valence-corrected chi connectivity index (χ0v) is 10.4. The number of benzene rings is 1. The minimum Gasteiger partial charge on any atom is -0.491 e. The highest BCUT2D eigenvalue weighted by atomic mass is 16.5. The molecule has 0 amide bonds. The molecule has 1 aliphatic rings. The van der Waals surface area contributed by atoms with E-state index in [0.717, 1.165) is 18.7 Å². The van der Waals surface area contributed by atoms with E-state index in [9.17, 15) is 5.11 Å². The lowest BCUT2D eigenvalue weighted by Gasteiger charge is -2.35. The normalized spacial score (nSPS) is 23.3. The summed E-state index contributed by atoms with van der Waals surface area (Å²) in [6.07, 6.45) is 3.10. The van der Waals surface area contributed by atoms with Gasteiger partial charge in [0.15, 0.2) is 0 Å². The molecule has 0 saturated carbocycles. The molecule has 1 fully saturated rings. The van der Waals surface area contributed by atoms with Gasteiger partial charge in [-0.25, -0.2) is 0 Å². The van der Waals surface area contributed by atoms with Gasteiger partial charge in [0, 0.05) is 6.04 Å². The number of aliphatic hydroxyl groups is 1. The third kappa shape index (κ3) is 3.45. The molecule has 0 aliphatic carbocycles. The average Bonchev–Trinajstić information content (AvgIpc) is 2.38. The molecule has 0 radical (unpaired) electrons. The van der Waals surface area contributed by atoms with Crippen molar-refractivity contribution in [3.05, 3.63) is 30.3 Å². The van der Waals surface area contributed by atoms with E-state index in [0.29, 0.717) is 6.61 Å². The summed E-state index contributed by atoms with van der Waals surface area (Å²) in [5.74, 6) is 0.824. The fourth-order valence-corrected chi connectivity index (χ4v) is 2.40. The van der Waals surface area contributed by atoms with Gasteiger partial charge in [-0.05, 0) is 38.6 Å². The Morgan fingerprint density at radius 3 is 2.82 bits per heavy atom. The summed E-state index contributed by atoms with van der Waals surface area (Å²) in [5.41, 5.74) is 0. The van der Waals surface area contributed by atoms with E-state index in [1.165, 1.54) is 12.8 Å². The number of likely N-dealkylation sites (N-methyl/N-ethyl adjacent to an activating group) is 1. The summed E-state index contributed by atoms with van der Waals surface area (Å²) in [6.45, 7) is 1.45. The molecule has 94 valence electrons. The number of para-hydroxylation sites is 1. The van der Waals surface area contributed by atoms with Gasteiger partial charge in [0.05, 0.1) is 0 Å². The second-order valence-electron chi connectivity index (χ2n) is 4.74. The molecule has 0 aromatic heterocycles. The topological polar surface area (TPSA) is 32.7 Å². The molecular formula is C14H21NO2. The number of aliphatic hydroxyl groups excluding tert-OH is 1. The van der Waals surface area contributed by atoms with Crippen LogP contribution in [-0.4, -0.2) is 42.4 Å². The molecule has 1 aliphatic heterocycles. The van der Waals surface area contributed by atoms with Crippen molar-refractivity contribution in [2.75, 3.05) is 20.2 Å². The predicted octanol–water partition coefficient (Wildman–Crippen LogP) is 1.91. The monoisotopic (exact) mass is 235 g/mol. The molecule has 1 saturated heterocycles. The number of ether oxygens (including phenoxy) is 1. The van der Waals surface area contributed by atoms with Gasteiger partial charge in [0.25, 0.3) is 0 Å². The van der Waals surface area contributed by atoms with Crippen molar-refractivity contribution in [3.63, 3.8) is 0 Å². The smallest absolute Gasteiger partial charge is 0.119 e. The number of likely N-dealkylation sites (tertiary alicyclic amines) is 1. The standard InChI is InChI=1S/C14H21NO2/c1-15-10-6-5-9-13(15)14(16)11-17-12-7-3-2-4-8-12/h2-4,7-8,13-14,16H,5-6,9-11H2,1H3/t13-,14+/m0/s1. The highest BCUT2D eigenvalue weighted by Gasteiger charge is 2.26. The maximum atomic E-state index is 10.1. The van der Waals surface area contributed by atoms with E-state index >= 15 is 0 Å². The first-order chi connectivity index (χ1) is 8.27. The van der Waals surface area contributed by atoms with Crippen LogP contribution in [0.25, 0.3) is 0 Å². The summed E-state index contributed by atoms with van der Waals surface area (Å²) in [5, 5.41) is 10.1. The minimum absolute atomic E-state index is 0.243. The van der Waals surface area contributed by atoms with Gasteiger partial charge in [0.2, 0.25) is 0 Å². The number of piperidine rings is 1. The Morgan fingerprint density at radius 2 is 2.12 bits per heavy atom. The first-order valence-electron chi connectivity index (χ1n) is 6.33. The lowest BCUT2D eigenvalue weighted by Crippen LogP contribution is -2.46. The average molecular weight is 235 g/mol. The molecule has 0 spiro atoms. The zero-order chi connectivity index (χ0) is 12.1. The van der Waals surface area contributed by atoms with E-state index in [2.05, 4.69) is 11.9 Å². The molecule has 0 bridgehead atoms. The summed E-state index contributed by atoms with van der Waals surface area (Å²) in [6, 6.07) is 9.91. The van der Waals surface area contributed by atoms with Gasteiger partial charge in [-0.15, -0.1) is 0 Å². The van der Waals surface area contributed by atoms with Gasteiger partial charge in [-0.3, -0.25) is 0 Å².